The van der Waals surface area contributed by atoms with Gasteiger partial charge in [-0.2, -0.15) is 0 Å². The molecule has 1 aromatic rings. The van der Waals surface area contributed by atoms with Gasteiger partial charge in [0.05, 0.1) is 12.1 Å². The number of carbonyl (C=O) groups is 1. The second-order valence-electron chi connectivity index (χ2n) is 5.50. The van der Waals surface area contributed by atoms with Gasteiger partial charge in [0.25, 0.3) is 5.56 Å². The van der Waals surface area contributed by atoms with E-state index < -0.39 is 0 Å². The first-order chi connectivity index (χ1) is 10.1. The molecule has 7 heteroatoms. The number of nitrogens with zero attached hydrogens (tertiary/aromatic N) is 2. The topological polar surface area (TPSA) is 73.2 Å². The smallest absolute Gasteiger partial charge is 0.254 e. The fraction of sp³-hybridized carbons (Fsp3) is 0.643. The number of ether oxygens (including phenoxy) is 1. The van der Waals surface area contributed by atoms with Crippen molar-refractivity contribution in [3.8, 4) is 0 Å². The zero-order chi connectivity index (χ0) is 14.8. The quantitative estimate of drug-likeness (QED) is 0.836. The summed E-state index contributed by atoms with van der Waals surface area (Å²) in [6.45, 7) is 3.16. The number of nitrogens with one attached hydrogen (secondary N) is 1. The molecule has 114 valence electrons. The van der Waals surface area contributed by atoms with E-state index in [1.54, 1.807) is 4.57 Å². The van der Waals surface area contributed by atoms with Crippen LogP contribution in [0.4, 0.5) is 0 Å². The van der Waals surface area contributed by atoms with E-state index >= 15 is 0 Å². The maximum Gasteiger partial charge on any atom is 0.254 e. The Morgan fingerprint density at radius 1 is 1.62 bits per heavy atom. The molecule has 1 fully saturated rings. The molecule has 2 atom stereocenters. The summed E-state index contributed by atoms with van der Waals surface area (Å²) in [7, 11) is 0. The Hall–Kier alpha value is -1.34. The average Bonchev–Trinajstić information content (AvgIpc) is 3.06. The predicted octanol–water partition coefficient (Wildman–Crippen LogP) is 0.884. The maximum absolute atomic E-state index is 12.0. The molecule has 0 unspecified atom stereocenters. The first-order valence-electron chi connectivity index (χ1n) is 7.25. The van der Waals surface area contributed by atoms with Gasteiger partial charge in [-0.1, -0.05) is 11.8 Å². The van der Waals surface area contributed by atoms with Crippen LogP contribution in [0.15, 0.2) is 16.0 Å². The fourth-order valence-electron chi connectivity index (χ4n) is 2.73. The number of aryl methyl sites for hydroxylation is 1. The van der Waals surface area contributed by atoms with Gasteiger partial charge in [-0.15, -0.1) is 0 Å². The van der Waals surface area contributed by atoms with Crippen LogP contribution >= 0.6 is 11.8 Å². The Morgan fingerprint density at radius 2 is 2.48 bits per heavy atom. The van der Waals surface area contributed by atoms with Crippen molar-refractivity contribution in [3.05, 3.63) is 22.1 Å². The van der Waals surface area contributed by atoms with Crippen molar-refractivity contribution >= 4 is 17.7 Å². The lowest BCUT2D eigenvalue weighted by atomic mass is 10.2. The third kappa shape index (κ3) is 3.29. The first kappa shape index (κ1) is 14.6. The number of hydrogen-bond donors (Lipinski definition) is 1. The number of hydrogen-bond acceptors (Lipinski definition) is 5. The molecule has 0 radical (unpaired) electrons. The Morgan fingerprint density at radius 3 is 3.24 bits per heavy atom. The molecule has 1 aromatic heterocycles. The van der Waals surface area contributed by atoms with Gasteiger partial charge in [0.1, 0.15) is 0 Å². The van der Waals surface area contributed by atoms with Gasteiger partial charge >= 0.3 is 0 Å². The van der Waals surface area contributed by atoms with E-state index in [1.165, 1.54) is 17.8 Å². The molecular weight excluding hydrogens is 290 g/mol. The third-order valence-electron chi connectivity index (χ3n) is 3.79. The number of amides is 1. The summed E-state index contributed by atoms with van der Waals surface area (Å²) in [5, 5.41) is 3.62. The summed E-state index contributed by atoms with van der Waals surface area (Å²) < 4.78 is 7.12. The number of carbonyl (C=O) groups excluding carboxylic acids is 1. The minimum atomic E-state index is -0.102. The van der Waals surface area contributed by atoms with Crippen LogP contribution in [-0.4, -0.2) is 40.5 Å². The molecule has 3 heterocycles. The van der Waals surface area contributed by atoms with Crippen LogP contribution in [-0.2, 0) is 9.53 Å². The molecule has 1 saturated heterocycles. The molecule has 21 heavy (non-hydrogen) atoms. The summed E-state index contributed by atoms with van der Waals surface area (Å²) in [5.74, 6) is 0.690. The monoisotopic (exact) mass is 309 g/mol. The molecule has 1 amide bonds. The lowest BCUT2D eigenvalue weighted by Crippen LogP contribution is -2.34. The molecule has 0 aliphatic carbocycles. The highest BCUT2D eigenvalue weighted by atomic mass is 32.2. The molecule has 1 N–H and O–H groups in total. The zero-order valence-corrected chi connectivity index (χ0v) is 12.8. The van der Waals surface area contributed by atoms with E-state index in [9.17, 15) is 9.59 Å². The summed E-state index contributed by atoms with van der Waals surface area (Å²) >= 11 is 1.54. The molecule has 0 spiro atoms. The van der Waals surface area contributed by atoms with Gasteiger partial charge < -0.3 is 10.1 Å². The second kappa shape index (κ2) is 6.19. The van der Waals surface area contributed by atoms with Gasteiger partial charge in [0.2, 0.25) is 5.91 Å². The second-order valence-corrected chi connectivity index (χ2v) is 6.48. The van der Waals surface area contributed by atoms with Crippen molar-refractivity contribution in [1.82, 2.24) is 14.9 Å². The first-order valence-corrected chi connectivity index (χ1v) is 8.23. The van der Waals surface area contributed by atoms with Crippen LogP contribution in [0.2, 0.25) is 0 Å². The molecule has 2 aliphatic rings. The highest BCUT2D eigenvalue weighted by Crippen LogP contribution is 2.31. The van der Waals surface area contributed by atoms with Crippen molar-refractivity contribution < 1.29 is 9.53 Å². The van der Waals surface area contributed by atoms with Crippen LogP contribution in [0, 0.1) is 6.92 Å². The van der Waals surface area contributed by atoms with Gasteiger partial charge in [-0.25, -0.2) is 4.98 Å². The molecule has 6 nitrogen and oxygen atoms in total. The number of fused-ring (bicyclic) bond motifs is 1. The van der Waals surface area contributed by atoms with E-state index in [2.05, 4.69) is 10.3 Å². The lowest BCUT2D eigenvalue weighted by Gasteiger charge is -2.15. The lowest BCUT2D eigenvalue weighted by molar-refractivity contribution is -0.122. The number of aromatic nitrogens is 2. The molecule has 2 aliphatic heterocycles. The van der Waals surface area contributed by atoms with Crippen LogP contribution in [0.1, 0.15) is 31.0 Å². The van der Waals surface area contributed by atoms with Crippen LogP contribution < -0.4 is 10.9 Å². The van der Waals surface area contributed by atoms with Crippen molar-refractivity contribution in [2.45, 2.75) is 43.5 Å². The zero-order valence-electron chi connectivity index (χ0n) is 12.0. The van der Waals surface area contributed by atoms with Gasteiger partial charge in [-0.05, 0) is 19.8 Å². The normalized spacial score (nSPS) is 24.0. The Kier molecular flexibility index (Phi) is 4.30. The highest BCUT2D eigenvalue weighted by molar-refractivity contribution is 7.99. The Labute approximate surface area is 127 Å². The standard InChI is InChI=1S/C14H19N3O3S/c1-9-5-13(19)17-10(8-21-14(17)16-9)6-12(18)15-7-11-3-2-4-20-11/h5,10-11H,2-4,6-8H2,1H3,(H,15,18)/t10-,11+/m0/s1. The van der Waals surface area contributed by atoms with E-state index in [4.69, 9.17) is 4.74 Å². The Bertz CT molecular complexity index is 596. The van der Waals surface area contributed by atoms with Crippen LogP contribution in [0.5, 0.6) is 0 Å². The SMILES string of the molecule is Cc1cc(=O)n2c(n1)SC[C@@H]2CC(=O)NC[C@H]1CCCO1. The van der Waals surface area contributed by atoms with Crippen LogP contribution in [0.3, 0.4) is 0 Å². The summed E-state index contributed by atoms with van der Waals surface area (Å²) in [6, 6.07) is 1.42. The maximum atomic E-state index is 12.0. The average molecular weight is 309 g/mol. The van der Waals surface area contributed by atoms with Crippen molar-refractivity contribution in [2.75, 3.05) is 18.9 Å². The van der Waals surface area contributed by atoms with Gasteiger partial charge in [0, 0.05) is 37.1 Å². The fourth-order valence-corrected chi connectivity index (χ4v) is 3.93. The van der Waals surface area contributed by atoms with Crippen molar-refractivity contribution in [3.63, 3.8) is 0 Å². The predicted molar refractivity (Wildman–Crippen MR) is 79.6 cm³/mol. The van der Waals surface area contributed by atoms with Crippen LogP contribution in [0.25, 0.3) is 0 Å². The molecule has 3 rings (SSSR count). The summed E-state index contributed by atoms with van der Waals surface area (Å²) in [5.41, 5.74) is 0.654. The number of rotatable bonds is 4. The highest BCUT2D eigenvalue weighted by Gasteiger charge is 2.27. The van der Waals surface area contributed by atoms with Gasteiger partial charge in [-0.3, -0.25) is 14.2 Å². The van der Waals surface area contributed by atoms with E-state index in [1.807, 2.05) is 6.92 Å². The number of thioether (sulfide) groups is 1. The Balaban J connectivity index is 1.60. The van der Waals surface area contributed by atoms with E-state index in [0.717, 1.165) is 36.1 Å². The molecule has 0 bridgehead atoms. The van der Waals surface area contributed by atoms with E-state index in [0.29, 0.717) is 13.0 Å². The molecule has 0 aromatic carbocycles. The third-order valence-corrected chi connectivity index (χ3v) is 4.89. The minimum Gasteiger partial charge on any atom is -0.376 e. The van der Waals surface area contributed by atoms with Gasteiger partial charge in [0.15, 0.2) is 5.16 Å². The minimum absolute atomic E-state index is 0.0311. The summed E-state index contributed by atoms with van der Waals surface area (Å²) in [6.07, 6.45) is 2.53. The van der Waals surface area contributed by atoms with Crippen molar-refractivity contribution in [1.29, 1.82) is 0 Å². The largest absolute Gasteiger partial charge is 0.376 e. The summed E-state index contributed by atoms with van der Waals surface area (Å²) in [4.78, 5) is 28.4. The van der Waals surface area contributed by atoms with E-state index in [-0.39, 0.29) is 23.6 Å². The van der Waals surface area contributed by atoms with Crippen molar-refractivity contribution in [2.24, 2.45) is 0 Å². The molecular formula is C14H19N3O3S. The molecule has 0 saturated carbocycles.